The van der Waals surface area contributed by atoms with Gasteiger partial charge in [-0.1, -0.05) is 0 Å². The van der Waals surface area contributed by atoms with Gasteiger partial charge in [-0.2, -0.15) is 0 Å². The average Bonchev–Trinajstić information content (AvgIpc) is 2.94. The van der Waals surface area contributed by atoms with Gasteiger partial charge >= 0.3 is 6.09 Å². The van der Waals surface area contributed by atoms with Gasteiger partial charge in [-0.15, -0.1) is 0 Å². The molecule has 0 radical (unpaired) electrons. The zero-order chi connectivity index (χ0) is 14.2. The monoisotopic (exact) mass is 284 g/mol. The number of rotatable bonds is 4. The smallest absolute Gasteiger partial charge is 0.409 e. The van der Waals surface area contributed by atoms with Crippen molar-refractivity contribution in [1.29, 1.82) is 0 Å². The molecule has 20 heavy (non-hydrogen) atoms. The molecule has 0 spiro atoms. The Morgan fingerprint density at radius 2 is 2.10 bits per heavy atom. The molecule has 2 N–H and O–H groups in total. The number of aliphatic hydroxyl groups is 2. The molecule has 3 rings (SSSR count). The third-order valence-corrected chi connectivity index (χ3v) is 5.20. The number of carbonyl (C=O) groups excluding carboxylic acids is 1. The molecular weight excluding hydrogens is 260 g/mol. The Kier molecular flexibility index (Phi) is 3.88. The summed E-state index contributed by atoms with van der Waals surface area (Å²) in [7, 11) is 0. The van der Waals surface area contributed by atoms with Gasteiger partial charge in [0, 0.05) is 37.2 Å². The third-order valence-electron chi connectivity index (χ3n) is 5.20. The summed E-state index contributed by atoms with van der Waals surface area (Å²) in [5, 5.41) is 18.6. The molecule has 2 unspecified atom stereocenters. The van der Waals surface area contributed by atoms with E-state index < -0.39 is 0 Å². The Labute approximate surface area is 119 Å². The van der Waals surface area contributed by atoms with Crippen LogP contribution in [0.2, 0.25) is 0 Å². The summed E-state index contributed by atoms with van der Waals surface area (Å²) in [4.78, 5) is 15.8. The normalized spacial score (nSPS) is 34.1. The quantitative estimate of drug-likeness (QED) is 0.762. The molecule has 2 atom stereocenters. The van der Waals surface area contributed by atoms with Crippen LogP contribution in [0.1, 0.15) is 25.7 Å². The Morgan fingerprint density at radius 3 is 2.80 bits per heavy atom. The van der Waals surface area contributed by atoms with Crippen LogP contribution >= 0.6 is 0 Å². The lowest BCUT2D eigenvalue weighted by atomic mass is 9.95. The van der Waals surface area contributed by atoms with Gasteiger partial charge in [0.15, 0.2) is 0 Å². The molecule has 3 fully saturated rings. The highest BCUT2D eigenvalue weighted by atomic mass is 16.6. The van der Waals surface area contributed by atoms with Crippen molar-refractivity contribution < 1.29 is 19.7 Å². The van der Waals surface area contributed by atoms with Gasteiger partial charge in [0.1, 0.15) is 6.61 Å². The maximum atomic E-state index is 11.8. The highest BCUT2D eigenvalue weighted by Gasteiger charge is 2.49. The van der Waals surface area contributed by atoms with Gasteiger partial charge in [0.05, 0.1) is 6.61 Å². The van der Waals surface area contributed by atoms with Gasteiger partial charge in [0.25, 0.3) is 0 Å². The fourth-order valence-electron chi connectivity index (χ4n) is 3.90. The van der Waals surface area contributed by atoms with Crippen LogP contribution in [0.15, 0.2) is 0 Å². The van der Waals surface area contributed by atoms with Crippen LogP contribution < -0.4 is 0 Å². The summed E-state index contributed by atoms with van der Waals surface area (Å²) < 4.78 is 5.40. The Hall–Kier alpha value is -0.850. The number of nitrogens with zero attached hydrogens (tertiary/aromatic N) is 2. The molecular formula is C14H24N2O4. The lowest BCUT2D eigenvalue weighted by molar-refractivity contribution is 0.0136. The minimum Gasteiger partial charge on any atom is -0.448 e. The van der Waals surface area contributed by atoms with E-state index in [4.69, 9.17) is 9.84 Å². The fraction of sp³-hybridized carbons (Fsp3) is 0.929. The minimum atomic E-state index is -0.268. The Morgan fingerprint density at radius 1 is 1.30 bits per heavy atom. The third kappa shape index (κ3) is 2.29. The molecule has 3 saturated heterocycles. The molecule has 1 amide bonds. The Balaban J connectivity index is 1.46. The van der Waals surface area contributed by atoms with Crippen LogP contribution in [-0.4, -0.2) is 77.1 Å². The van der Waals surface area contributed by atoms with Crippen LogP contribution in [0.4, 0.5) is 4.79 Å². The highest BCUT2D eigenvalue weighted by molar-refractivity contribution is 5.68. The van der Waals surface area contributed by atoms with Crippen LogP contribution in [-0.2, 0) is 4.74 Å². The van der Waals surface area contributed by atoms with Crippen LogP contribution in [0.25, 0.3) is 0 Å². The van der Waals surface area contributed by atoms with Gasteiger partial charge in [-0.3, -0.25) is 4.90 Å². The molecule has 3 aliphatic heterocycles. The van der Waals surface area contributed by atoms with E-state index in [1.54, 1.807) is 4.90 Å². The number of carbonyl (C=O) groups is 1. The molecule has 0 bridgehead atoms. The number of likely N-dealkylation sites (tertiary alicyclic amines) is 1. The molecule has 0 aromatic rings. The second-order valence-corrected chi connectivity index (χ2v) is 6.40. The van der Waals surface area contributed by atoms with E-state index in [0.717, 1.165) is 32.2 Å². The van der Waals surface area contributed by atoms with Crippen LogP contribution in [0.3, 0.4) is 0 Å². The fourth-order valence-corrected chi connectivity index (χ4v) is 3.90. The lowest BCUT2D eigenvalue weighted by Gasteiger charge is -2.38. The van der Waals surface area contributed by atoms with Crippen LogP contribution in [0, 0.1) is 5.92 Å². The summed E-state index contributed by atoms with van der Waals surface area (Å²) >= 11 is 0. The predicted molar refractivity (Wildman–Crippen MR) is 72.3 cm³/mol. The van der Waals surface area contributed by atoms with Crippen molar-refractivity contribution in [3.63, 3.8) is 0 Å². The first-order valence-corrected chi connectivity index (χ1v) is 7.59. The molecule has 6 heteroatoms. The zero-order valence-corrected chi connectivity index (χ0v) is 11.8. The largest absolute Gasteiger partial charge is 0.448 e. The van der Waals surface area contributed by atoms with E-state index >= 15 is 0 Å². The summed E-state index contributed by atoms with van der Waals surface area (Å²) in [6.45, 7) is 2.97. The van der Waals surface area contributed by atoms with Crippen molar-refractivity contribution >= 4 is 6.09 Å². The summed E-state index contributed by atoms with van der Waals surface area (Å²) in [5.74, 6) is 0.217. The number of hydrogen-bond donors (Lipinski definition) is 2. The van der Waals surface area contributed by atoms with Crippen molar-refractivity contribution in [2.45, 2.75) is 37.3 Å². The molecule has 114 valence electrons. The standard InChI is InChI=1S/C14H24N2O4/c17-8-11-6-15(7-11)13(19)20-9-12-2-4-14(10-18)3-1-5-16(12)14/h11-12,17-18H,1-10H2. The molecule has 0 saturated carbocycles. The van der Waals surface area contributed by atoms with E-state index in [9.17, 15) is 9.90 Å². The van der Waals surface area contributed by atoms with Crippen LogP contribution in [0.5, 0.6) is 0 Å². The SMILES string of the molecule is O=C(OCC1CCC2(CO)CCCN12)N1CC(CO)C1. The molecule has 0 aromatic heterocycles. The maximum absolute atomic E-state index is 11.8. The summed E-state index contributed by atoms with van der Waals surface area (Å²) in [6.07, 6.45) is 3.90. The second-order valence-electron chi connectivity index (χ2n) is 6.40. The van der Waals surface area contributed by atoms with Gasteiger partial charge in [-0.05, 0) is 32.2 Å². The first kappa shape index (κ1) is 14.1. The van der Waals surface area contributed by atoms with Crippen molar-refractivity contribution in [2.24, 2.45) is 5.92 Å². The lowest BCUT2D eigenvalue weighted by Crippen LogP contribution is -2.52. The average molecular weight is 284 g/mol. The number of aliphatic hydroxyl groups excluding tert-OH is 2. The topological polar surface area (TPSA) is 73.2 Å². The molecule has 0 aliphatic carbocycles. The predicted octanol–water partition coefficient (Wildman–Crippen LogP) is 0.0364. The first-order chi connectivity index (χ1) is 9.68. The minimum absolute atomic E-state index is 0.0458. The van der Waals surface area contributed by atoms with E-state index in [1.807, 2.05) is 0 Å². The van der Waals surface area contributed by atoms with E-state index in [0.29, 0.717) is 19.7 Å². The maximum Gasteiger partial charge on any atom is 0.409 e. The number of hydrogen-bond acceptors (Lipinski definition) is 5. The van der Waals surface area contributed by atoms with Crippen molar-refractivity contribution in [3.8, 4) is 0 Å². The molecule has 3 aliphatic rings. The van der Waals surface area contributed by atoms with Crippen molar-refractivity contribution in [1.82, 2.24) is 9.80 Å². The van der Waals surface area contributed by atoms with Gasteiger partial charge in [0.2, 0.25) is 0 Å². The van der Waals surface area contributed by atoms with Gasteiger partial charge < -0.3 is 19.8 Å². The summed E-state index contributed by atoms with van der Waals surface area (Å²) in [5.41, 5.74) is -0.0458. The van der Waals surface area contributed by atoms with Crippen molar-refractivity contribution in [2.75, 3.05) is 39.5 Å². The molecule has 0 aromatic carbocycles. The van der Waals surface area contributed by atoms with Gasteiger partial charge in [-0.25, -0.2) is 4.79 Å². The first-order valence-electron chi connectivity index (χ1n) is 7.59. The second kappa shape index (κ2) is 5.50. The molecule has 6 nitrogen and oxygen atoms in total. The van der Waals surface area contributed by atoms with E-state index in [2.05, 4.69) is 4.90 Å². The number of fused-ring (bicyclic) bond motifs is 1. The van der Waals surface area contributed by atoms with E-state index in [-0.39, 0.29) is 36.8 Å². The Bertz CT molecular complexity index is 372. The zero-order valence-electron chi connectivity index (χ0n) is 11.8. The number of ether oxygens (including phenoxy) is 1. The van der Waals surface area contributed by atoms with Crippen molar-refractivity contribution in [3.05, 3.63) is 0 Å². The number of amides is 1. The van der Waals surface area contributed by atoms with E-state index in [1.165, 1.54) is 0 Å². The summed E-state index contributed by atoms with van der Waals surface area (Å²) in [6, 6.07) is 0.253. The highest BCUT2D eigenvalue weighted by Crippen LogP contribution is 2.42. The molecule has 3 heterocycles.